The van der Waals surface area contributed by atoms with E-state index >= 15 is 0 Å². The minimum Gasteiger partial charge on any atom is -0.477 e. The van der Waals surface area contributed by atoms with E-state index in [1.54, 1.807) is 27.0 Å². The Labute approximate surface area is 153 Å². The number of fused-ring (bicyclic) bond motifs is 1. The highest BCUT2D eigenvalue weighted by atomic mass is 32.2. The van der Waals surface area contributed by atoms with Gasteiger partial charge in [-0.05, 0) is 26.3 Å². The summed E-state index contributed by atoms with van der Waals surface area (Å²) in [4.78, 5) is 36.9. The van der Waals surface area contributed by atoms with Crippen LogP contribution in [-0.4, -0.2) is 55.2 Å². The van der Waals surface area contributed by atoms with Gasteiger partial charge < -0.3 is 9.84 Å². The number of ether oxygens (including phenoxy) is 1. The van der Waals surface area contributed by atoms with Crippen molar-refractivity contribution in [1.29, 1.82) is 0 Å². The molecule has 1 amide bonds. The van der Waals surface area contributed by atoms with Crippen LogP contribution in [0.15, 0.2) is 22.9 Å². The van der Waals surface area contributed by atoms with Crippen LogP contribution in [0.4, 0.5) is 0 Å². The number of aromatic nitrogens is 3. The molecule has 3 rings (SSSR count). The summed E-state index contributed by atoms with van der Waals surface area (Å²) < 4.78 is 5.29. The van der Waals surface area contributed by atoms with E-state index < -0.39 is 16.8 Å². The SMILES string of the molecule is CC(C)(C)C(=O)OCC/C(=C1\C(=O)N2C(C(=O)O)=CS[C@H]12)c1c[nH]nn1. The van der Waals surface area contributed by atoms with Gasteiger partial charge in [0.05, 0.1) is 17.6 Å². The normalized spacial score (nSPS) is 21.0. The molecule has 1 atom stereocenters. The van der Waals surface area contributed by atoms with Gasteiger partial charge in [0, 0.05) is 18.0 Å². The summed E-state index contributed by atoms with van der Waals surface area (Å²) in [5.74, 6) is -1.86. The number of amides is 1. The summed E-state index contributed by atoms with van der Waals surface area (Å²) in [6, 6.07) is 0. The third-order valence-corrected chi connectivity index (χ3v) is 5.03. The molecule has 0 unspecified atom stereocenters. The van der Waals surface area contributed by atoms with Gasteiger partial charge in [-0.1, -0.05) is 5.21 Å². The molecule has 0 spiro atoms. The third kappa shape index (κ3) is 3.12. The molecule has 0 aliphatic carbocycles. The summed E-state index contributed by atoms with van der Waals surface area (Å²) in [6.45, 7) is 5.36. The molecule has 1 aromatic rings. The van der Waals surface area contributed by atoms with Crippen molar-refractivity contribution in [2.45, 2.75) is 32.6 Å². The number of aliphatic carboxylic acids is 1. The van der Waals surface area contributed by atoms with Crippen molar-refractivity contribution in [1.82, 2.24) is 20.3 Å². The Hall–Kier alpha value is -2.62. The topological polar surface area (TPSA) is 125 Å². The van der Waals surface area contributed by atoms with Crippen molar-refractivity contribution in [2.24, 2.45) is 5.41 Å². The van der Waals surface area contributed by atoms with E-state index in [0.29, 0.717) is 16.8 Å². The number of esters is 1. The fourth-order valence-corrected chi connectivity index (χ4v) is 3.78. The molecule has 2 aliphatic rings. The van der Waals surface area contributed by atoms with Crippen LogP contribution in [0.25, 0.3) is 5.57 Å². The van der Waals surface area contributed by atoms with Gasteiger partial charge >= 0.3 is 11.9 Å². The number of carbonyl (C=O) groups is 3. The summed E-state index contributed by atoms with van der Waals surface area (Å²) in [5, 5.41) is 20.4. The van der Waals surface area contributed by atoms with Crippen molar-refractivity contribution in [3.63, 3.8) is 0 Å². The number of carboxylic acids is 1. The zero-order valence-corrected chi connectivity index (χ0v) is 15.3. The summed E-state index contributed by atoms with van der Waals surface area (Å²) in [7, 11) is 0. The predicted molar refractivity (Wildman–Crippen MR) is 92.3 cm³/mol. The highest BCUT2D eigenvalue weighted by molar-refractivity contribution is 8.03. The molecule has 1 aromatic heterocycles. The lowest BCUT2D eigenvalue weighted by Gasteiger charge is -2.38. The molecule has 10 heteroatoms. The molecule has 0 saturated carbocycles. The average Bonchev–Trinajstić information content (AvgIpc) is 3.20. The molecule has 3 heterocycles. The predicted octanol–water partition coefficient (Wildman–Crippen LogP) is 1.38. The van der Waals surface area contributed by atoms with Crippen LogP contribution in [0.1, 0.15) is 32.9 Å². The van der Waals surface area contributed by atoms with Crippen LogP contribution < -0.4 is 0 Å². The fourth-order valence-electron chi connectivity index (χ4n) is 2.60. The van der Waals surface area contributed by atoms with E-state index in [9.17, 15) is 14.4 Å². The number of hydrogen-bond donors (Lipinski definition) is 2. The Kier molecular flexibility index (Phi) is 4.61. The molecule has 138 valence electrons. The number of hydrogen-bond acceptors (Lipinski definition) is 7. The van der Waals surface area contributed by atoms with E-state index in [4.69, 9.17) is 9.84 Å². The first kappa shape index (κ1) is 18.2. The Morgan fingerprint density at radius 3 is 2.73 bits per heavy atom. The van der Waals surface area contributed by atoms with E-state index in [-0.39, 0.29) is 30.6 Å². The lowest BCUT2D eigenvalue weighted by atomic mass is 9.94. The minimum absolute atomic E-state index is 0.0348. The molecule has 2 N–H and O–H groups in total. The van der Waals surface area contributed by atoms with Gasteiger partial charge in [0.1, 0.15) is 16.8 Å². The van der Waals surface area contributed by atoms with E-state index in [1.165, 1.54) is 22.1 Å². The van der Waals surface area contributed by atoms with Crippen molar-refractivity contribution in [2.75, 3.05) is 6.61 Å². The van der Waals surface area contributed by atoms with Crippen LogP contribution in [0.2, 0.25) is 0 Å². The first-order valence-corrected chi connectivity index (χ1v) is 8.85. The number of thioether (sulfide) groups is 1. The lowest BCUT2D eigenvalue weighted by molar-refractivity contribution is -0.152. The Morgan fingerprint density at radius 2 is 2.15 bits per heavy atom. The fraction of sp³-hybridized carbons (Fsp3) is 0.438. The van der Waals surface area contributed by atoms with Crippen molar-refractivity contribution in [3.8, 4) is 0 Å². The number of aromatic amines is 1. The Morgan fingerprint density at radius 1 is 1.42 bits per heavy atom. The minimum atomic E-state index is -1.14. The molecule has 0 radical (unpaired) electrons. The highest BCUT2D eigenvalue weighted by Crippen LogP contribution is 2.47. The monoisotopic (exact) mass is 378 g/mol. The summed E-state index contributed by atoms with van der Waals surface area (Å²) in [5.41, 5.74) is 0.880. The van der Waals surface area contributed by atoms with Gasteiger partial charge in [-0.25, -0.2) is 4.79 Å². The summed E-state index contributed by atoms with van der Waals surface area (Å²) in [6.07, 6.45) is 1.83. The van der Waals surface area contributed by atoms with Crippen molar-refractivity contribution in [3.05, 3.63) is 28.6 Å². The van der Waals surface area contributed by atoms with Gasteiger partial charge in [-0.2, -0.15) is 0 Å². The first-order valence-electron chi connectivity index (χ1n) is 7.91. The zero-order valence-electron chi connectivity index (χ0n) is 14.5. The van der Waals surface area contributed by atoms with Gasteiger partial charge in [0.2, 0.25) is 0 Å². The molecule has 9 nitrogen and oxygen atoms in total. The molecular weight excluding hydrogens is 360 g/mol. The highest BCUT2D eigenvalue weighted by Gasteiger charge is 2.51. The van der Waals surface area contributed by atoms with Crippen LogP contribution >= 0.6 is 11.8 Å². The van der Waals surface area contributed by atoms with Gasteiger partial charge in [-0.3, -0.25) is 19.6 Å². The summed E-state index contributed by atoms with van der Waals surface area (Å²) >= 11 is 1.25. The van der Waals surface area contributed by atoms with Gasteiger partial charge in [0.15, 0.2) is 0 Å². The van der Waals surface area contributed by atoms with E-state index in [0.717, 1.165) is 0 Å². The average molecular weight is 378 g/mol. The molecule has 26 heavy (non-hydrogen) atoms. The maximum atomic E-state index is 12.5. The quantitative estimate of drug-likeness (QED) is 0.447. The molecular formula is C16H18N4O5S. The van der Waals surface area contributed by atoms with Crippen molar-refractivity contribution >= 4 is 35.2 Å². The lowest BCUT2D eigenvalue weighted by Crippen LogP contribution is -2.51. The maximum absolute atomic E-state index is 12.5. The second kappa shape index (κ2) is 6.60. The van der Waals surface area contributed by atoms with E-state index in [1.807, 2.05) is 0 Å². The number of carboxylic acid groups (broad SMARTS) is 1. The van der Waals surface area contributed by atoms with Gasteiger partial charge in [0.25, 0.3) is 5.91 Å². The molecule has 0 bridgehead atoms. The van der Waals surface area contributed by atoms with E-state index in [2.05, 4.69) is 15.4 Å². The molecule has 2 aliphatic heterocycles. The number of nitrogens with one attached hydrogen (secondary N) is 1. The largest absolute Gasteiger partial charge is 0.477 e. The number of nitrogens with zero attached hydrogens (tertiary/aromatic N) is 3. The van der Waals surface area contributed by atoms with Crippen molar-refractivity contribution < 1.29 is 24.2 Å². The number of β-lactam (4-membered cyclic amide) rings is 1. The molecule has 1 saturated heterocycles. The number of H-pyrrole nitrogens is 1. The van der Waals surface area contributed by atoms with Crippen LogP contribution in [-0.2, 0) is 19.1 Å². The molecule has 1 fully saturated rings. The first-order chi connectivity index (χ1) is 12.2. The van der Waals surface area contributed by atoms with Crippen LogP contribution in [0, 0.1) is 5.41 Å². The zero-order chi connectivity index (χ0) is 19.1. The molecule has 0 aromatic carbocycles. The standard InChI is InChI=1S/C16H18N4O5S/c1-16(2,3)15(24)25-5-4-8(9-6-17-19-18-9)11-12(21)20-10(14(22)23)7-26-13(11)20/h6-7,13H,4-5H2,1-3H3,(H,22,23)(H,17,18,19)/b11-8-/t13-/m1/s1. The maximum Gasteiger partial charge on any atom is 0.353 e. The van der Waals surface area contributed by atoms with Crippen LogP contribution in [0.3, 0.4) is 0 Å². The second-order valence-corrected chi connectivity index (χ2v) is 7.81. The van der Waals surface area contributed by atoms with Crippen LogP contribution in [0.5, 0.6) is 0 Å². The van der Waals surface area contributed by atoms with Gasteiger partial charge in [-0.15, -0.1) is 16.9 Å². The number of carbonyl (C=O) groups excluding carboxylic acids is 2. The second-order valence-electron chi connectivity index (χ2n) is 6.86. The Bertz CT molecular complexity index is 822. The third-order valence-electron chi connectivity index (χ3n) is 3.97. The smallest absolute Gasteiger partial charge is 0.353 e. The Balaban J connectivity index is 1.81. The number of rotatable bonds is 5.